The molecular formula is C14H23N3O2S. The molecule has 0 unspecified atom stereocenters. The lowest BCUT2D eigenvalue weighted by atomic mass is 10.2. The fourth-order valence-electron chi connectivity index (χ4n) is 2.22. The second-order valence-corrected chi connectivity index (χ2v) is 5.90. The smallest absolute Gasteiger partial charge is 0.162 e. The number of nitrogen functional groups attached to an aromatic ring is 1. The summed E-state index contributed by atoms with van der Waals surface area (Å²) in [6.07, 6.45) is 0. The lowest BCUT2D eigenvalue weighted by molar-refractivity contribution is 0.314. The Hall–Kier alpha value is -1.27. The van der Waals surface area contributed by atoms with Gasteiger partial charge >= 0.3 is 0 Å². The van der Waals surface area contributed by atoms with Crippen molar-refractivity contribution in [3.05, 3.63) is 12.1 Å². The van der Waals surface area contributed by atoms with Gasteiger partial charge < -0.3 is 20.5 Å². The topological polar surface area (TPSA) is 59.8 Å². The highest BCUT2D eigenvalue weighted by molar-refractivity contribution is 7.99. The van der Waals surface area contributed by atoms with Gasteiger partial charge in [-0.3, -0.25) is 4.90 Å². The van der Waals surface area contributed by atoms with Gasteiger partial charge in [-0.2, -0.15) is 11.8 Å². The van der Waals surface area contributed by atoms with Crippen LogP contribution in [0.25, 0.3) is 0 Å². The number of ether oxygens (including phenoxy) is 2. The molecule has 0 aliphatic carbocycles. The SMILES string of the molecule is COc1cc(N)c(NCCN2CCSCC2)cc1OC. The van der Waals surface area contributed by atoms with Gasteiger partial charge in [0.1, 0.15) is 0 Å². The van der Waals surface area contributed by atoms with Crippen molar-refractivity contribution in [2.24, 2.45) is 0 Å². The second-order valence-electron chi connectivity index (χ2n) is 4.68. The molecule has 1 heterocycles. The van der Waals surface area contributed by atoms with E-state index in [0.29, 0.717) is 17.2 Å². The number of benzene rings is 1. The van der Waals surface area contributed by atoms with E-state index in [0.717, 1.165) is 18.8 Å². The number of nitrogens with two attached hydrogens (primary N) is 1. The number of anilines is 2. The van der Waals surface area contributed by atoms with Crippen molar-refractivity contribution in [2.75, 3.05) is 63.0 Å². The van der Waals surface area contributed by atoms with Gasteiger partial charge in [-0.15, -0.1) is 0 Å². The normalized spacial score (nSPS) is 15.9. The third kappa shape index (κ3) is 3.86. The van der Waals surface area contributed by atoms with Crippen LogP contribution in [0.15, 0.2) is 12.1 Å². The van der Waals surface area contributed by atoms with E-state index in [1.54, 1.807) is 20.3 Å². The van der Waals surface area contributed by atoms with Crippen molar-refractivity contribution < 1.29 is 9.47 Å². The first-order chi connectivity index (χ1) is 9.74. The average Bonchev–Trinajstić information content (AvgIpc) is 2.49. The highest BCUT2D eigenvalue weighted by Gasteiger charge is 2.11. The first kappa shape index (κ1) is 15.1. The Balaban J connectivity index is 1.91. The molecule has 20 heavy (non-hydrogen) atoms. The second kappa shape index (κ2) is 7.50. The van der Waals surface area contributed by atoms with E-state index in [1.165, 1.54) is 24.6 Å². The van der Waals surface area contributed by atoms with Crippen molar-refractivity contribution in [3.63, 3.8) is 0 Å². The van der Waals surface area contributed by atoms with Gasteiger partial charge in [0, 0.05) is 49.8 Å². The molecule has 1 aliphatic heterocycles. The molecule has 3 N–H and O–H groups in total. The molecule has 112 valence electrons. The van der Waals surface area contributed by atoms with Gasteiger partial charge in [0.2, 0.25) is 0 Å². The van der Waals surface area contributed by atoms with Crippen molar-refractivity contribution in [3.8, 4) is 11.5 Å². The third-order valence-electron chi connectivity index (χ3n) is 3.40. The molecule has 1 saturated heterocycles. The largest absolute Gasteiger partial charge is 0.493 e. The monoisotopic (exact) mass is 297 g/mol. The van der Waals surface area contributed by atoms with Crippen molar-refractivity contribution in [2.45, 2.75) is 0 Å². The van der Waals surface area contributed by atoms with Gasteiger partial charge in [0.15, 0.2) is 11.5 Å². The maximum Gasteiger partial charge on any atom is 0.162 e. The van der Waals surface area contributed by atoms with Crippen LogP contribution < -0.4 is 20.5 Å². The molecule has 1 fully saturated rings. The molecule has 0 radical (unpaired) electrons. The molecular weight excluding hydrogens is 274 g/mol. The summed E-state index contributed by atoms with van der Waals surface area (Å²) in [7, 11) is 3.24. The van der Waals surface area contributed by atoms with Crippen molar-refractivity contribution in [1.29, 1.82) is 0 Å². The predicted octanol–water partition coefficient (Wildman–Crippen LogP) is 1.75. The van der Waals surface area contributed by atoms with Gasteiger partial charge in [0.25, 0.3) is 0 Å². The van der Waals surface area contributed by atoms with Crippen LogP contribution in [0.1, 0.15) is 0 Å². The minimum atomic E-state index is 0.656. The van der Waals surface area contributed by atoms with Crippen LogP contribution in [0.2, 0.25) is 0 Å². The number of thioether (sulfide) groups is 1. The van der Waals surface area contributed by atoms with E-state index in [4.69, 9.17) is 15.2 Å². The molecule has 6 heteroatoms. The average molecular weight is 297 g/mol. The standard InChI is InChI=1S/C14H23N3O2S/c1-18-13-9-11(15)12(10-14(13)19-2)16-3-4-17-5-7-20-8-6-17/h9-10,16H,3-8,15H2,1-2H3. The predicted molar refractivity (Wildman–Crippen MR) is 86.2 cm³/mol. The molecule has 0 spiro atoms. The van der Waals surface area contributed by atoms with Gasteiger partial charge in [-0.1, -0.05) is 0 Å². The molecule has 2 rings (SSSR count). The van der Waals surface area contributed by atoms with Crippen LogP contribution >= 0.6 is 11.8 Å². The zero-order valence-electron chi connectivity index (χ0n) is 12.1. The summed E-state index contributed by atoms with van der Waals surface area (Å²) >= 11 is 2.03. The quantitative estimate of drug-likeness (QED) is 0.780. The molecule has 5 nitrogen and oxygen atoms in total. The summed E-state index contributed by atoms with van der Waals surface area (Å²) in [6.45, 7) is 4.26. The zero-order chi connectivity index (χ0) is 14.4. The summed E-state index contributed by atoms with van der Waals surface area (Å²) in [5.74, 6) is 3.82. The minimum Gasteiger partial charge on any atom is -0.493 e. The molecule has 1 aromatic carbocycles. The Morgan fingerprint density at radius 1 is 1.20 bits per heavy atom. The van der Waals surface area contributed by atoms with Crippen LogP contribution in [-0.4, -0.2) is 56.8 Å². The van der Waals surface area contributed by atoms with Crippen molar-refractivity contribution >= 4 is 23.1 Å². The summed E-state index contributed by atoms with van der Waals surface area (Å²) < 4.78 is 10.5. The Morgan fingerprint density at radius 2 is 1.85 bits per heavy atom. The summed E-state index contributed by atoms with van der Waals surface area (Å²) in [4.78, 5) is 2.47. The Kier molecular flexibility index (Phi) is 5.67. The number of hydrogen-bond donors (Lipinski definition) is 2. The number of methoxy groups -OCH3 is 2. The number of nitrogens with zero attached hydrogens (tertiary/aromatic N) is 1. The van der Waals surface area contributed by atoms with Gasteiger partial charge in [-0.25, -0.2) is 0 Å². The Bertz CT molecular complexity index is 437. The summed E-state index contributed by atoms with van der Waals surface area (Å²) in [6, 6.07) is 3.68. The van der Waals surface area contributed by atoms with E-state index in [-0.39, 0.29) is 0 Å². The first-order valence-electron chi connectivity index (χ1n) is 6.80. The fourth-order valence-corrected chi connectivity index (χ4v) is 3.20. The Labute approximate surface area is 124 Å². The van der Waals surface area contributed by atoms with Crippen LogP contribution in [0, 0.1) is 0 Å². The van der Waals surface area contributed by atoms with E-state index < -0.39 is 0 Å². The van der Waals surface area contributed by atoms with E-state index in [1.807, 2.05) is 17.8 Å². The molecule has 0 bridgehead atoms. The Morgan fingerprint density at radius 3 is 2.50 bits per heavy atom. The van der Waals surface area contributed by atoms with E-state index in [9.17, 15) is 0 Å². The lowest BCUT2D eigenvalue weighted by Gasteiger charge is -2.26. The molecule has 1 aliphatic rings. The fraction of sp³-hybridized carbons (Fsp3) is 0.571. The highest BCUT2D eigenvalue weighted by atomic mass is 32.2. The summed E-state index contributed by atoms with van der Waals surface area (Å²) in [5.41, 5.74) is 7.60. The van der Waals surface area contributed by atoms with Crippen LogP contribution in [0.4, 0.5) is 11.4 Å². The van der Waals surface area contributed by atoms with Crippen LogP contribution in [0.3, 0.4) is 0 Å². The zero-order valence-corrected chi connectivity index (χ0v) is 13.0. The minimum absolute atomic E-state index is 0.656. The number of hydrogen-bond acceptors (Lipinski definition) is 6. The van der Waals surface area contributed by atoms with Crippen LogP contribution in [0.5, 0.6) is 11.5 Å². The van der Waals surface area contributed by atoms with Gasteiger partial charge in [0.05, 0.1) is 25.6 Å². The number of nitrogens with one attached hydrogen (secondary N) is 1. The highest BCUT2D eigenvalue weighted by Crippen LogP contribution is 2.34. The lowest BCUT2D eigenvalue weighted by Crippen LogP contribution is -2.36. The molecule has 0 amide bonds. The van der Waals surface area contributed by atoms with E-state index in [2.05, 4.69) is 10.2 Å². The maximum absolute atomic E-state index is 6.02. The first-order valence-corrected chi connectivity index (χ1v) is 7.95. The molecule has 1 aromatic rings. The molecule has 0 atom stereocenters. The van der Waals surface area contributed by atoms with E-state index >= 15 is 0 Å². The van der Waals surface area contributed by atoms with Gasteiger partial charge in [-0.05, 0) is 0 Å². The number of rotatable bonds is 6. The molecule has 0 saturated carbocycles. The van der Waals surface area contributed by atoms with Crippen LogP contribution in [-0.2, 0) is 0 Å². The van der Waals surface area contributed by atoms with Crippen molar-refractivity contribution in [1.82, 2.24) is 4.90 Å². The maximum atomic E-state index is 6.02. The third-order valence-corrected chi connectivity index (χ3v) is 4.35. The summed E-state index contributed by atoms with van der Waals surface area (Å²) in [5, 5.41) is 3.38. The molecule has 0 aromatic heterocycles.